The highest BCUT2D eigenvalue weighted by molar-refractivity contribution is 5.26. The molecule has 4 nitrogen and oxygen atoms in total. The first-order valence-corrected chi connectivity index (χ1v) is 7.67. The third-order valence-electron chi connectivity index (χ3n) is 3.73. The quantitative estimate of drug-likeness (QED) is 0.850. The van der Waals surface area contributed by atoms with Crippen LogP contribution in [-0.2, 0) is 19.9 Å². The molecule has 2 rings (SSSR count). The first-order chi connectivity index (χ1) is 10.0. The Morgan fingerprint density at radius 3 is 2.57 bits per heavy atom. The lowest BCUT2D eigenvalue weighted by Gasteiger charge is -2.19. The van der Waals surface area contributed by atoms with Crippen molar-refractivity contribution >= 4 is 0 Å². The second-order valence-corrected chi connectivity index (χ2v) is 6.15. The SMILES string of the molecule is Cc1ccccc1CC(CNC(C)C)Cc1cn(C)nn1. The van der Waals surface area contributed by atoms with E-state index in [1.165, 1.54) is 11.1 Å². The maximum Gasteiger partial charge on any atom is 0.0830 e. The molecule has 0 aliphatic carbocycles. The van der Waals surface area contributed by atoms with Crippen LogP contribution in [-0.4, -0.2) is 27.6 Å². The fraction of sp³-hybridized carbons (Fsp3) is 0.529. The van der Waals surface area contributed by atoms with E-state index in [4.69, 9.17) is 0 Å². The molecule has 0 spiro atoms. The predicted octanol–water partition coefficient (Wildman–Crippen LogP) is 2.52. The van der Waals surface area contributed by atoms with E-state index in [1.807, 2.05) is 13.2 Å². The normalized spacial score (nSPS) is 12.8. The summed E-state index contributed by atoms with van der Waals surface area (Å²) in [6.07, 6.45) is 4.05. The van der Waals surface area contributed by atoms with Crippen LogP contribution >= 0.6 is 0 Å². The van der Waals surface area contributed by atoms with Crippen LogP contribution in [0.2, 0.25) is 0 Å². The molecule has 1 aromatic carbocycles. The van der Waals surface area contributed by atoms with E-state index in [-0.39, 0.29) is 0 Å². The van der Waals surface area contributed by atoms with Crippen LogP contribution in [0.4, 0.5) is 0 Å². The van der Waals surface area contributed by atoms with Gasteiger partial charge in [-0.2, -0.15) is 0 Å². The van der Waals surface area contributed by atoms with Gasteiger partial charge in [0, 0.05) is 19.3 Å². The van der Waals surface area contributed by atoms with Gasteiger partial charge in [0.05, 0.1) is 5.69 Å². The molecule has 0 aliphatic rings. The number of hydrogen-bond donors (Lipinski definition) is 1. The molecule has 0 aliphatic heterocycles. The van der Waals surface area contributed by atoms with E-state index >= 15 is 0 Å². The van der Waals surface area contributed by atoms with Crippen LogP contribution in [0.25, 0.3) is 0 Å². The van der Waals surface area contributed by atoms with Crippen LogP contribution in [0.1, 0.15) is 30.7 Å². The molecule has 1 heterocycles. The standard InChI is InChI=1S/C17H26N4/c1-13(2)18-11-15(10-17-12-21(4)20-19-17)9-16-8-6-5-7-14(16)3/h5-8,12-13,15,18H,9-11H2,1-4H3. The summed E-state index contributed by atoms with van der Waals surface area (Å²) in [4.78, 5) is 0. The largest absolute Gasteiger partial charge is 0.314 e. The zero-order valence-corrected chi connectivity index (χ0v) is 13.5. The number of hydrogen-bond acceptors (Lipinski definition) is 3. The summed E-state index contributed by atoms with van der Waals surface area (Å²) in [6.45, 7) is 7.56. The Bertz CT molecular complexity index is 559. The third kappa shape index (κ3) is 4.97. The van der Waals surface area contributed by atoms with Crippen LogP contribution in [0.3, 0.4) is 0 Å². The first kappa shape index (κ1) is 15.7. The maximum atomic E-state index is 4.23. The molecule has 1 atom stereocenters. The minimum atomic E-state index is 0.506. The molecule has 4 heteroatoms. The van der Waals surface area contributed by atoms with Gasteiger partial charge in [0.25, 0.3) is 0 Å². The Labute approximate surface area is 127 Å². The Morgan fingerprint density at radius 1 is 1.19 bits per heavy atom. The molecule has 0 saturated heterocycles. The summed E-state index contributed by atoms with van der Waals surface area (Å²) in [5.74, 6) is 0.533. The lowest BCUT2D eigenvalue weighted by atomic mass is 9.92. The molecule has 114 valence electrons. The van der Waals surface area contributed by atoms with Gasteiger partial charge in [-0.3, -0.25) is 4.68 Å². The predicted molar refractivity (Wildman–Crippen MR) is 86.2 cm³/mol. The first-order valence-electron chi connectivity index (χ1n) is 7.67. The summed E-state index contributed by atoms with van der Waals surface area (Å²) >= 11 is 0. The van der Waals surface area contributed by atoms with E-state index in [9.17, 15) is 0 Å². The van der Waals surface area contributed by atoms with E-state index in [0.29, 0.717) is 12.0 Å². The van der Waals surface area contributed by atoms with Crippen LogP contribution in [0, 0.1) is 12.8 Å². The average Bonchev–Trinajstić information content (AvgIpc) is 2.84. The zero-order valence-electron chi connectivity index (χ0n) is 13.5. The summed E-state index contributed by atoms with van der Waals surface area (Å²) in [7, 11) is 1.92. The fourth-order valence-electron chi connectivity index (χ4n) is 2.55. The highest BCUT2D eigenvalue weighted by atomic mass is 15.4. The van der Waals surface area contributed by atoms with E-state index in [1.54, 1.807) is 4.68 Å². The minimum absolute atomic E-state index is 0.506. The van der Waals surface area contributed by atoms with Gasteiger partial charge in [0.15, 0.2) is 0 Å². The molecular formula is C17H26N4. The molecule has 0 saturated carbocycles. The third-order valence-corrected chi connectivity index (χ3v) is 3.73. The summed E-state index contributed by atoms with van der Waals surface area (Å²) in [6, 6.07) is 9.14. The van der Waals surface area contributed by atoms with Gasteiger partial charge in [0.2, 0.25) is 0 Å². The van der Waals surface area contributed by atoms with Gasteiger partial charge in [-0.05, 0) is 43.4 Å². The molecular weight excluding hydrogens is 260 g/mol. The molecule has 0 fully saturated rings. The highest BCUT2D eigenvalue weighted by Crippen LogP contribution is 2.16. The number of aryl methyl sites for hydroxylation is 2. The van der Waals surface area contributed by atoms with Crippen LogP contribution in [0.5, 0.6) is 0 Å². The molecule has 0 bridgehead atoms. The molecule has 1 N–H and O–H groups in total. The molecule has 1 unspecified atom stereocenters. The second kappa shape index (κ2) is 7.36. The van der Waals surface area contributed by atoms with Gasteiger partial charge in [-0.15, -0.1) is 5.10 Å². The van der Waals surface area contributed by atoms with Crippen LogP contribution < -0.4 is 5.32 Å². The maximum absolute atomic E-state index is 4.23. The smallest absolute Gasteiger partial charge is 0.0830 e. The summed E-state index contributed by atoms with van der Waals surface area (Å²) in [5, 5.41) is 11.8. The molecule has 0 amide bonds. The Morgan fingerprint density at radius 2 is 1.95 bits per heavy atom. The average molecular weight is 286 g/mol. The molecule has 1 aromatic heterocycles. The van der Waals surface area contributed by atoms with Crippen molar-refractivity contribution in [3.05, 3.63) is 47.3 Å². The van der Waals surface area contributed by atoms with Gasteiger partial charge in [-0.25, -0.2) is 0 Å². The number of nitrogens with one attached hydrogen (secondary N) is 1. The molecule has 0 radical (unpaired) electrons. The van der Waals surface area contributed by atoms with E-state index in [0.717, 1.165) is 25.1 Å². The van der Waals surface area contributed by atoms with Crippen molar-refractivity contribution in [2.75, 3.05) is 6.54 Å². The Kier molecular flexibility index (Phi) is 5.51. The highest BCUT2D eigenvalue weighted by Gasteiger charge is 2.14. The Balaban J connectivity index is 2.06. The summed E-state index contributed by atoms with van der Waals surface area (Å²) < 4.78 is 1.77. The van der Waals surface area contributed by atoms with Crippen molar-refractivity contribution in [2.24, 2.45) is 13.0 Å². The lowest BCUT2D eigenvalue weighted by molar-refractivity contribution is 0.440. The number of aromatic nitrogens is 3. The van der Waals surface area contributed by atoms with E-state index < -0.39 is 0 Å². The lowest BCUT2D eigenvalue weighted by Crippen LogP contribution is -2.31. The minimum Gasteiger partial charge on any atom is -0.314 e. The number of rotatable bonds is 7. The van der Waals surface area contributed by atoms with Crippen molar-refractivity contribution in [3.8, 4) is 0 Å². The van der Waals surface area contributed by atoms with Crippen molar-refractivity contribution in [2.45, 2.75) is 39.7 Å². The van der Waals surface area contributed by atoms with Gasteiger partial charge < -0.3 is 5.32 Å². The Hall–Kier alpha value is -1.68. The monoisotopic (exact) mass is 286 g/mol. The fourth-order valence-corrected chi connectivity index (χ4v) is 2.55. The van der Waals surface area contributed by atoms with E-state index in [2.05, 4.69) is 60.7 Å². The van der Waals surface area contributed by atoms with Gasteiger partial charge in [0.1, 0.15) is 0 Å². The van der Waals surface area contributed by atoms with Crippen molar-refractivity contribution < 1.29 is 0 Å². The molecule has 2 aromatic rings. The topological polar surface area (TPSA) is 42.7 Å². The van der Waals surface area contributed by atoms with Crippen molar-refractivity contribution in [3.63, 3.8) is 0 Å². The second-order valence-electron chi connectivity index (χ2n) is 6.15. The number of benzene rings is 1. The van der Waals surface area contributed by atoms with Crippen LogP contribution in [0.15, 0.2) is 30.5 Å². The number of nitrogens with zero attached hydrogens (tertiary/aromatic N) is 3. The van der Waals surface area contributed by atoms with Crippen molar-refractivity contribution in [1.82, 2.24) is 20.3 Å². The van der Waals surface area contributed by atoms with Gasteiger partial charge >= 0.3 is 0 Å². The summed E-state index contributed by atoms with van der Waals surface area (Å²) in [5.41, 5.74) is 3.87. The molecule has 21 heavy (non-hydrogen) atoms. The zero-order chi connectivity index (χ0) is 15.2. The van der Waals surface area contributed by atoms with Gasteiger partial charge in [-0.1, -0.05) is 43.3 Å². The van der Waals surface area contributed by atoms with Crippen molar-refractivity contribution in [1.29, 1.82) is 0 Å².